The van der Waals surface area contributed by atoms with Crippen LogP contribution in [0.4, 0.5) is 8.78 Å². The zero-order valence-corrected chi connectivity index (χ0v) is 16.0. The number of hydrogen-bond donors (Lipinski definition) is 0. The maximum atomic E-state index is 14.7. The van der Waals surface area contributed by atoms with Crippen LogP contribution in [0.25, 0.3) is 10.8 Å². The van der Waals surface area contributed by atoms with Crippen molar-refractivity contribution in [3.8, 4) is 0 Å². The lowest BCUT2D eigenvalue weighted by atomic mass is 9.78. The number of unbranched alkanes of at least 4 members (excludes halogenated alkanes) is 2. The fourth-order valence-corrected chi connectivity index (χ4v) is 4.32. The van der Waals surface area contributed by atoms with Gasteiger partial charge < -0.3 is 0 Å². The summed E-state index contributed by atoms with van der Waals surface area (Å²) in [4.78, 5) is 0. The molecule has 0 amide bonds. The molecule has 140 valence electrons. The second kappa shape index (κ2) is 8.79. The van der Waals surface area contributed by atoms with Crippen molar-refractivity contribution in [1.29, 1.82) is 0 Å². The summed E-state index contributed by atoms with van der Waals surface area (Å²) in [5.41, 5.74) is 1.68. The highest BCUT2D eigenvalue weighted by atomic mass is 19.2. The van der Waals surface area contributed by atoms with Crippen molar-refractivity contribution in [3.05, 3.63) is 59.2 Å². The summed E-state index contributed by atoms with van der Waals surface area (Å²) in [6, 6.07) is 7.84. The van der Waals surface area contributed by atoms with E-state index in [4.69, 9.17) is 0 Å². The van der Waals surface area contributed by atoms with Crippen molar-refractivity contribution >= 4 is 10.8 Å². The fourth-order valence-electron chi connectivity index (χ4n) is 4.32. The number of allylic oxidation sites excluding steroid dienone is 2. The van der Waals surface area contributed by atoms with E-state index >= 15 is 0 Å². The zero-order chi connectivity index (χ0) is 18.5. The SMILES string of the molecule is C/C=C/C1CCC(c2ccc3cc(CCCCC)c(F)c(F)c3c2)CC1. The molecule has 26 heavy (non-hydrogen) atoms. The monoisotopic (exact) mass is 356 g/mol. The average molecular weight is 357 g/mol. The lowest BCUT2D eigenvalue weighted by Crippen LogP contribution is -2.11. The molecule has 2 aromatic rings. The zero-order valence-electron chi connectivity index (χ0n) is 16.0. The smallest absolute Gasteiger partial charge is 0.166 e. The molecule has 2 heteroatoms. The molecule has 0 nitrogen and oxygen atoms in total. The molecule has 0 aromatic heterocycles. The molecule has 0 spiro atoms. The van der Waals surface area contributed by atoms with Crippen LogP contribution in [0.5, 0.6) is 0 Å². The normalized spacial score (nSPS) is 20.9. The van der Waals surface area contributed by atoms with Gasteiger partial charge in [0, 0.05) is 5.39 Å². The van der Waals surface area contributed by atoms with Gasteiger partial charge in [-0.15, -0.1) is 0 Å². The minimum Gasteiger partial charge on any atom is -0.203 e. The summed E-state index contributed by atoms with van der Waals surface area (Å²) >= 11 is 0. The Bertz CT molecular complexity index is 767. The molecule has 0 N–H and O–H groups in total. The van der Waals surface area contributed by atoms with Gasteiger partial charge in [-0.2, -0.15) is 0 Å². The number of aryl methyl sites for hydroxylation is 1. The van der Waals surface area contributed by atoms with E-state index in [0.29, 0.717) is 29.2 Å². The summed E-state index contributed by atoms with van der Waals surface area (Å²) in [6.07, 6.45) is 12.7. The van der Waals surface area contributed by atoms with Crippen LogP contribution in [0.1, 0.15) is 75.8 Å². The number of fused-ring (bicyclic) bond motifs is 1. The minimum atomic E-state index is -0.668. The molecule has 1 aliphatic carbocycles. The van der Waals surface area contributed by atoms with E-state index in [1.54, 1.807) is 0 Å². The van der Waals surface area contributed by atoms with E-state index in [1.165, 1.54) is 12.8 Å². The first kappa shape index (κ1) is 19.1. The van der Waals surface area contributed by atoms with Gasteiger partial charge >= 0.3 is 0 Å². The first-order valence-corrected chi connectivity index (χ1v) is 10.2. The van der Waals surface area contributed by atoms with Gasteiger partial charge in [0.05, 0.1) is 0 Å². The lowest BCUT2D eigenvalue weighted by Gasteiger charge is -2.27. The maximum Gasteiger partial charge on any atom is 0.166 e. The van der Waals surface area contributed by atoms with Gasteiger partial charge in [0.2, 0.25) is 0 Å². The van der Waals surface area contributed by atoms with Crippen LogP contribution in [0, 0.1) is 17.6 Å². The predicted octanol–water partition coefficient (Wildman–Crippen LogP) is 7.70. The third kappa shape index (κ3) is 4.16. The third-order valence-electron chi connectivity index (χ3n) is 5.88. The molecule has 2 aromatic carbocycles. The molecular weight excluding hydrogens is 326 g/mol. The van der Waals surface area contributed by atoms with Gasteiger partial charge in [0.25, 0.3) is 0 Å². The summed E-state index contributed by atoms with van der Waals surface area (Å²) < 4.78 is 29.2. The van der Waals surface area contributed by atoms with Crippen molar-refractivity contribution < 1.29 is 8.78 Å². The Balaban J connectivity index is 1.82. The topological polar surface area (TPSA) is 0 Å². The minimum absolute atomic E-state index is 0.440. The Kier molecular flexibility index (Phi) is 6.45. The second-order valence-electron chi connectivity index (χ2n) is 7.74. The van der Waals surface area contributed by atoms with Crippen LogP contribution in [-0.2, 0) is 6.42 Å². The molecule has 1 aliphatic rings. The van der Waals surface area contributed by atoms with Gasteiger partial charge in [0.1, 0.15) is 0 Å². The fraction of sp³-hybridized carbons (Fsp3) is 0.500. The number of benzene rings is 2. The van der Waals surface area contributed by atoms with E-state index in [9.17, 15) is 8.78 Å². The summed E-state index contributed by atoms with van der Waals surface area (Å²) in [5.74, 6) is -0.176. The van der Waals surface area contributed by atoms with Gasteiger partial charge in [0.15, 0.2) is 11.6 Å². The van der Waals surface area contributed by atoms with Crippen molar-refractivity contribution in [2.75, 3.05) is 0 Å². The molecule has 3 rings (SSSR count). The van der Waals surface area contributed by atoms with Gasteiger partial charge in [-0.25, -0.2) is 8.78 Å². The average Bonchev–Trinajstić information content (AvgIpc) is 2.66. The number of hydrogen-bond acceptors (Lipinski definition) is 0. The number of halogens is 2. The van der Waals surface area contributed by atoms with Crippen molar-refractivity contribution in [2.24, 2.45) is 5.92 Å². The van der Waals surface area contributed by atoms with E-state index in [2.05, 4.69) is 32.1 Å². The van der Waals surface area contributed by atoms with Crippen LogP contribution >= 0.6 is 0 Å². The number of rotatable bonds is 6. The van der Waals surface area contributed by atoms with Crippen LogP contribution in [0.2, 0.25) is 0 Å². The Morgan fingerprint density at radius 2 is 1.77 bits per heavy atom. The molecule has 0 bridgehead atoms. The van der Waals surface area contributed by atoms with Gasteiger partial charge in [-0.05, 0) is 85.9 Å². The lowest BCUT2D eigenvalue weighted by molar-refractivity contribution is 0.376. The Labute approximate surface area is 156 Å². The van der Waals surface area contributed by atoms with Crippen molar-refractivity contribution in [2.45, 2.75) is 71.1 Å². The predicted molar refractivity (Wildman–Crippen MR) is 107 cm³/mol. The van der Waals surface area contributed by atoms with E-state index < -0.39 is 11.6 Å². The highest BCUT2D eigenvalue weighted by molar-refractivity contribution is 5.85. The van der Waals surface area contributed by atoms with Crippen molar-refractivity contribution in [1.82, 2.24) is 0 Å². The molecule has 1 fully saturated rings. The quantitative estimate of drug-likeness (QED) is 0.367. The van der Waals surface area contributed by atoms with Gasteiger partial charge in [-0.1, -0.05) is 44.1 Å². The van der Waals surface area contributed by atoms with E-state index in [0.717, 1.165) is 43.1 Å². The Morgan fingerprint density at radius 3 is 2.46 bits per heavy atom. The summed E-state index contributed by atoms with van der Waals surface area (Å²) in [5, 5.41) is 1.26. The van der Waals surface area contributed by atoms with Crippen LogP contribution < -0.4 is 0 Å². The van der Waals surface area contributed by atoms with Crippen LogP contribution in [-0.4, -0.2) is 0 Å². The van der Waals surface area contributed by atoms with E-state index in [1.807, 2.05) is 18.2 Å². The largest absolute Gasteiger partial charge is 0.203 e. The molecule has 0 radical (unpaired) electrons. The molecule has 0 atom stereocenters. The standard InChI is InChI=1S/C24H30F2/c1-3-5-6-8-21-15-20-14-13-19(16-22(20)24(26)23(21)25)18-11-9-17(7-4-2)10-12-18/h4,7,13-18H,3,5-6,8-12H2,1-2H3/b7-4+. The van der Waals surface area contributed by atoms with Crippen LogP contribution in [0.15, 0.2) is 36.4 Å². The van der Waals surface area contributed by atoms with Crippen LogP contribution in [0.3, 0.4) is 0 Å². The molecular formula is C24H30F2. The van der Waals surface area contributed by atoms with Crippen molar-refractivity contribution in [3.63, 3.8) is 0 Å². The molecule has 1 saturated carbocycles. The summed E-state index contributed by atoms with van der Waals surface area (Å²) in [6.45, 7) is 4.19. The second-order valence-corrected chi connectivity index (χ2v) is 7.74. The molecule has 0 heterocycles. The highest BCUT2D eigenvalue weighted by Gasteiger charge is 2.22. The van der Waals surface area contributed by atoms with E-state index in [-0.39, 0.29) is 0 Å². The molecule has 0 aliphatic heterocycles. The summed E-state index contributed by atoms with van der Waals surface area (Å²) in [7, 11) is 0. The molecule has 0 unspecified atom stereocenters. The Morgan fingerprint density at radius 1 is 1.00 bits per heavy atom. The molecule has 0 saturated heterocycles. The third-order valence-corrected chi connectivity index (χ3v) is 5.88. The highest BCUT2D eigenvalue weighted by Crippen LogP contribution is 2.38. The maximum absolute atomic E-state index is 14.7. The first-order valence-electron chi connectivity index (χ1n) is 10.2. The van der Waals surface area contributed by atoms with Gasteiger partial charge in [-0.3, -0.25) is 0 Å². The Hall–Kier alpha value is -1.70. The first-order chi connectivity index (χ1) is 12.6.